The van der Waals surface area contributed by atoms with Gasteiger partial charge in [0.05, 0.1) is 12.1 Å². The summed E-state index contributed by atoms with van der Waals surface area (Å²) < 4.78 is 1.79. The highest BCUT2D eigenvalue weighted by Crippen LogP contribution is 2.28. The van der Waals surface area contributed by atoms with Gasteiger partial charge in [-0.3, -0.25) is 9.20 Å². The molecule has 0 saturated carbocycles. The van der Waals surface area contributed by atoms with Gasteiger partial charge in [0.2, 0.25) is 0 Å². The summed E-state index contributed by atoms with van der Waals surface area (Å²) in [5, 5.41) is 9.98. The van der Waals surface area contributed by atoms with E-state index in [0.29, 0.717) is 12.1 Å². The second-order valence-corrected chi connectivity index (χ2v) is 7.89. The molecule has 0 fully saturated rings. The first-order chi connectivity index (χ1) is 13.3. The van der Waals surface area contributed by atoms with E-state index in [1.165, 1.54) is 16.0 Å². The van der Waals surface area contributed by atoms with Gasteiger partial charge in [-0.05, 0) is 47.5 Å². The van der Waals surface area contributed by atoms with Gasteiger partial charge >= 0.3 is 0 Å². The minimum atomic E-state index is 0.0526. The Labute approximate surface area is 160 Å². The van der Waals surface area contributed by atoms with Crippen LogP contribution in [0.25, 0.3) is 5.65 Å². The number of nitrogens with zero attached hydrogens (tertiary/aromatic N) is 4. The minimum absolute atomic E-state index is 0.0526. The summed E-state index contributed by atoms with van der Waals surface area (Å²) in [7, 11) is 0. The lowest BCUT2D eigenvalue weighted by Gasteiger charge is -2.29. The van der Waals surface area contributed by atoms with Gasteiger partial charge in [-0.1, -0.05) is 30.3 Å². The molecule has 0 atom stereocenters. The lowest BCUT2D eigenvalue weighted by Crippen LogP contribution is -2.40. The summed E-state index contributed by atoms with van der Waals surface area (Å²) in [5.41, 5.74) is 4.10. The molecular weight excluding hydrogens is 356 g/mol. The Kier molecular flexibility index (Phi) is 3.98. The first kappa shape index (κ1) is 16.2. The van der Waals surface area contributed by atoms with Crippen LogP contribution in [0.5, 0.6) is 0 Å². The number of carbonyl (C=O) groups is 1. The monoisotopic (exact) mass is 374 g/mol. The van der Waals surface area contributed by atoms with Crippen LogP contribution in [-0.4, -0.2) is 31.4 Å². The molecule has 1 aliphatic rings. The third-order valence-electron chi connectivity index (χ3n) is 5.18. The fourth-order valence-corrected chi connectivity index (χ4v) is 4.52. The molecule has 0 N–H and O–H groups in total. The van der Waals surface area contributed by atoms with Crippen LogP contribution in [0.2, 0.25) is 0 Å². The van der Waals surface area contributed by atoms with E-state index in [-0.39, 0.29) is 11.9 Å². The summed E-state index contributed by atoms with van der Waals surface area (Å²) >= 11 is 1.69. The van der Waals surface area contributed by atoms with Crippen molar-refractivity contribution in [3.8, 4) is 0 Å². The third-order valence-corrected chi connectivity index (χ3v) is 6.04. The van der Waals surface area contributed by atoms with E-state index < -0.39 is 0 Å². The molecule has 1 amide bonds. The topological polar surface area (TPSA) is 50.5 Å². The van der Waals surface area contributed by atoms with Crippen LogP contribution in [0.1, 0.15) is 26.4 Å². The van der Waals surface area contributed by atoms with Crippen molar-refractivity contribution in [2.75, 3.05) is 0 Å². The van der Waals surface area contributed by atoms with Gasteiger partial charge in [-0.2, -0.15) is 0 Å². The van der Waals surface area contributed by atoms with Crippen molar-refractivity contribution in [3.05, 3.63) is 88.0 Å². The van der Waals surface area contributed by atoms with Gasteiger partial charge in [0.25, 0.3) is 5.91 Å². The summed E-state index contributed by atoms with van der Waals surface area (Å²) in [6, 6.07) is 16.5. The van der Waals surface area contributed by atoms with Crippen molar-refractivity contribution < 1.29 is 4.79 Å². The highest BCUT2D eigenvalue weighted by molar-refractivity contribution is 7.09. The Morgan fingerprint density at radius 1 is 1.11 bits per heavy atom. The number of fused-ring (bicyclic) bond motifs is 2. The number of amides is 1. The molecule has 0 unspecified atom stereocenters. The van der Waals surface area contributed by atoms with E-state index in [4.69, 9.17) is 0 Å². The zero-order chi connectivity index (χ0) is 18.2. The number of benzene rings is 1. The molecule has 1 aromatic carbocycles. The Morgan fingerprint density at radius 2 is 1.93 bits per heavy atom. The fourth-order valence-electron chi connectivity index (χ4n) is 3.81. The van der Waals surface area contributed by atoms with E-state index in [2.05, 4.69) is 45.9 Å². The smallest absolute Gasteiger partial charge is 0.255 e. The van der Waals surface area contributed by atoms with E-state index >= 15 is 0 Å². The summed E-state index contributed by atoms with van der Waals surface area (Å²) in [6.45, 7) is 0.634. The normalized spacial score (nSPS) is 13.8. The molecular formula is C21H18N4OS. The SMILES string of the molecule is O=C(c1ccc2nncn2c1)N(Cc1cccs1)C1Cc2ccccc2C1. The number of pyridine rings is 1. The van der Waals surface area contributed by atoms with Crippen molar-refractivity contribution >= 4 is 22.9 Å². The maximum absolute atomic E-state index is 13.5. The maximum atomic E-state index is 13.5. The van der Waals surface area contributed by atoms with E-state index in [1.54, 1.807) is 22.1 Å². The van der Waals surface area contributed by atoms with Crippen LogP contribution in [0.4, 0.5) is 0 Å². The van der Waals surface area contributed by atoms with Gasteiger partial charge in [-0.25, -0.2) is 0 Å². The molecule has 6 heteroatoms. The van der Waals surface area contributed by atoms with Crippen LogP contribution < -0.4 is 0 Å². The third kappa shape index (κ3) is 3.02. The molecule has 1 aliphatic carbocycles. The molecule has 0 aliphatic heterocycles. The average Bonchev–Trinajstić information content (AvgIpc) is 3.44. The van der Waals surface area contributed by atoms with Gasteiger partial charge in [0.1, 0.15) is 6.33 Å². The summed E-state index contributed by atoms with van der Waals surface area (Å²) in [5.74, 6) is 0.0526. The van der Waals surface area contributed by atoms with E-state index in [9.17, 15) is 4.79 Å². The van der Waals surface area contributed by atoms with Gasteiger partial charge in [0.15, 0.2) is 5.65 Å². The van der Waals surface area contributed by atoms with E-state index in [1.807, 2.05) is 29.3 Å². The number of thiophene rings is 1. The molecule has 27 heavy (non-hydrogen) atoms. The molecule has 5 rings (SSSR count). The quantitative estimate of drug-likeness (QED) is 0.548. The van der Waals surface area contributed by atoms with Crippen molar-refractivity contribution in [3.63, 3.8) is 0 Å². The van der Waals surface area contributed by atoms with Gasteiger partial charge in [0, 0.05) is 17.1 Å². The number of rotatable bonds is 4. The molecule has 5 nitrogen and oxygen atoms in total. The molecule has 0 bridgehead atoms. The predicted molar refractivity (Wildman–Crippen MR) is 105 cm³/mol. The predicted octanol–water partition coefficient (Wildman–Crippen LogP) is 3.60. The van der Waals surface area contributed by atoms with Crippen LogP contribution in [0.15, 0.2) is 66.4 Å². The van der Waals surface area contributed by atoms with Crippen LogP contribution in [0, 0.1) is 0 Å². The van der Waals surface area contributed by atoms with E-state index in [0.717, 1.165) is 18.5 Å². The average molecular weight is 374 g/mol. The Bertz CT molecular complexity index is 1080. The van der Waals surface area contributed by atoms with Crippen LogP contribution >= 0.6 is 11.3 Å². The number of hydrogen-bond acceptors (Lipinski definition) is 4. The van der Waals surface area contributed by atoms with Crippen molar-refractivity contribution in [1.82, 2.24) is 19.5 Å². The van der Waals surface area contributed by atoms with Gasteiger partial charge < -0.3 is 4.90 Å². The summed E-state index contributed by atoms with van der Waals surface area (Å²) in [6.07, 6.45) is 5.26. The largest absolute Gasteiger partial charge is 0.330 e. The van der Waals surface area contributed by atoms with Crippen LogP contribution in [0.3, 0.4) is 0 Å². The highest BCUT2D eigenvalue weighted by Gasteiger charge is 2.30. The Balaban J connectivity index is 1.48. The molecule has 3 aromatic heterocycles. The highest BCUT2D eigenvalue weighted by atomic mass is 32.1. The lowest BCUT2D eigenvalue weighted by atomic mass is 10.1. The first-order valence-corrected chi connectivity index (χ1v) is 9.85. The number of carbonyl (C=O) groups excluding carboxylic acids is 1. The zero-order valence-corrected chi connectivity index (χ0v) is 15.5. The molecule has 0 spiro atoms. The van der Waals surface area contributed by atoms with Gasteiger partial charge in [-0.15, -0.1) is 21.5 Å². The van der Waals surface area contributed by atoms with Crippen molar-refractivity contribution in [2.24, 2.45) is 0 Å². The number of aromatic nitrogens is 3. The second-order valence-electron chi connectivity index (χ2n) is 6.86. The maximum Gasteiger partial charge on any atom is 0.255 e. The van der Waals surface area contributed by atoms with Crippen molar-refractivity contribution in [1.29, 1.82) is 0 Å². The first-order valence-electron chi connectivity index (χ1n) is 8.97. The molecule has 0 saturated heterocycles. The molecule has 3 heterocycles. The lowest BCUT2D eigenvalue weighted by molar-refractivity contribution is 0.0669. The number of hydrogen-bond donors (Lipinski definition) is 0. The minimum Gasteiger partial charge on any atom is -0.330 e. The second kappa shape index (κ2) is 6.63. The Morgan fingerprint density at radius 3 is 2.67 bits per heavy atom. The standard InChI is InChI=1S/C21H18N4OS/c26-21(17-7-8-20-23-22-14-24(20)12-17)25(13-19-6-3-9-27-19)18-10-15-4-1-2-5-16(15)11-18/h1-9,12,14,18H,10-11,13H2. The summed E-state index contributed by atoms with van der Waals surface area (Å²) in [4.78, 5) is 16.7. The molecule has 0 radical (unpaired) electrons. The fraction of sp³-hybridized carbons (Fsp3) is 0.190. The zero-order valence-electron chi connectivity index (χ0n) is 14.7. The van der Waals surface area contributed by atoms with Crippen molar-refractivity contribution in [2.45, 2.75) is 25.4 Å². The molecule has 134 valence electrons. The molecule has 4 aromatic rings. The Hall–Kier alpha value is -2.99. The van der Waals surface area contributed by atoms with Crippen LogP contribution in [-0.2, 0) is 19.4 Å².